The van der Waals surface area contributed by atoms with Gasteiger partial charge in [-0.3, -0.25) is 9.59 Å². The van der Waals surface area contributed by atoms with Crippen molar-refractivity contribution in [2.75, 3.05) is 18.4 Å². The summed E-state index contributed by atoms with van der Waals surface area (Å²) in [6.07, 6.45) is 5.68. The molecule has 0 radical (unpaired) electrons. The molecule has 5 nitrogen and oxygen atoms in total. The van der Waals surface area contributed by atoms with Crippen LogP contribution in [-0.2, 0) is 22.4 Å². The lowest BCUT2D eigenvalue weighted by Gasteiger charge is -2.30. The van der Waals surface area contributed by atoms with E-state index in [0.29, 0.717) is 12.3 Å². The van der Waals surface area contributed by atoms with Crippen molar-refractivity contribution in [3.8, 4) is 0 Å². The van der Waals surface area contributed by atoms with Gasteiger partial charge < -0.3 is 10.2 Å². The van der Waals surface area contributed by atoms with Crippen LogP contribution in [0.1, 0.15) is 50.1 Å². The summed E-state index contributed by atoms with van der Waals surface area (Å²) in [5.41, 5.74) is 1.18. The molecule has 1 aliphatic carbocycles. The summed E-state index contributed by atoms with van der Waals surface area (Å²) in [5.74, 6) is 1.29. The SMILES string of the molecule is CC(=O)N1CCC(CC(=O)Nc2nc3c(s2)CC(C)CC3)CC1. The van der Waals surface area contributed by atoms with E-state index in [9.17, 15) is 9.59 Å². The van der Waals surface area contributed by atoms with Gasteiger partial charge in [-0.25, -0.2) is 4.98 Å². The number of amides is 2. The van der Waals surface area contributed by atoms with Crippen LogP contribution >= 0.6 is 11.3 Å². The normalized spacial score (nSPS) is 21.8. The number of carbonyl (C=O) groups excluding carboxylic acids is 2. The van der Waals surface area contributed by atoms with E-state index >= 15 is 0 Å². The third-order valence-corrected chi connectivity index (χ3v) is 6.00. The van der Waals surface area contributed by atoms with E-state index in [0.717, 1.165) is 49.8 Å². The number of likely N-dealkylation sites (tertiary alicyclic amines) is 1. The Morgan fingerprint density at radius 2 is 2.04 bits per heavy atom. The number of aromatic nitrogens is 1. The Bertz CT molecular complexity index is 591. The van der Waals surface area contributed by atoms with Gasteiger partial charge in [0, 0.05) is 31.3 Å². The van der Waals surface area contributed by atoms with Crippen LogP contribution in [0, 0.1) is 11.8 Å². The lowest BCUT2D eigenvalue weighted by atomic mass is 9.93. The first-order chi connectivity index (χ1) is 11.0. The Kier molecular flexibility index (Phi) is 4.99. The smallest absolute Gasteiger partial charge is 0.226 e. The van der Waals surface area contributed by atoms with Crippen molar-refractivity contribution in [1.29, 1.82) is 0 Å². The van der Waals surface area contributed by atoms with Gasteiger partial charge in [-0.05, 0) is 43.9 Å². The number of nitrogens with zero attached hydrogens (tertiary/aromatic N) is 2. The Balaban J connectivity index is 1.49. The van der Waals surface area contributed by atoms with Crippen molar-refractivity contribution in [2.24, 2.45) is 11.8 Å². The van der Waals surface area contributed by atoms with E-state index in [2.05, 4.69) is 17.2 Å². The Labute approximate surface area is 141 Å². The topological polar surface area (TPSA) is 62.3 Å². The van der Waals surface area contributed by atoms with Crippen molar-refractivity contribution in [3.63, 3.8) is 0 Å². The summed E-state index contributed by atoms with van der Waals surface area (Å²) < 4.78 is 0. The van der Waals surface area contributed by atoms with Gasteiger partial charge >= 0.3 is 0 Å². The number of hydrogen-bond acceptors (Lipinski definition) is 4. The average molecular weight is 335 g/mol. The molecule has 1 atom stereocenters. The molecule has 3 rings (SSSR count). The summed E-state index contributed by atoms with van der Waals surface area (Å²) in [4.78, 5) is 31.4. The highest BCUT2D eigenvalue weighted by Gasteiger charge is 2.24. The molecule has 23 heavy (non-hydrogen) atoms. The third kappa shape index (κ3) is 4.10. The third-order valence-electron chi connectivity index (χ3n) is 4.97. The predicted molar refractivity (Wildman–Crippen MR) is 91.5 cm³/mol. The van der Waals surface area contributed by atoms with Crippen LogP contribution in [0.25, 0.3) is 0 Å². The minimum Gasteiger partial charge on any atom is -0.343 e. The maximum Gasteiger partial charge on any atom is 0.226 e. The highest BCUT2D eigenvalue weighted by atomic mass is 32.1. The van der Waals surface area contributed by atoms with Gasteiger partial charge in [-0.1, -0.05) is 6.92 Å². The monoisotopic (exact) mass is 335 g/mol. The molecule has 1 fully saturated rings. The molecule has 0 spiro atoms. The lowest BCUT2D eigenvalue weighted by Crippen LogP contribution is -2.37. The molecular formula is C17H25N3O2S. The molecule has 1 N–H and O–H groups in total. The fourth-order valence-electron chi connectivity index (χ4n) is 3.48. The van der Waals surface area contributed by atoms with Crippen LogP contribution in [0.2, 0.25) is 0 Å². The van der Waals surface area contributed by atoms with Gasteiger partial charge in [-0.15, -0.1) is 11.3 Å². The van der Waals surface area contributed by atoms with Crippen LogP contribution in [0.5, 0.6) is 0 Å². The van der Waals surface area contributed by atoms with Crippen molar-refractivity contribution < 1.29 is 9.59 Å². The second-order valence-electron chi connectivity index (χ2n) is 6.94. The quantitative estimate of drug-likeness (QED) is 0.924. The number of rotatable bonds is 3. The van der Waals surface area contributed by atoms with Crippen LogP contribution in [0.3, 0.4) is 0 Å². The van der Waals surface area contributed by atoms with Gasteiger partial charge in [0.25, 0.3) is 0 Å². The highest BCUT2D eigenvalue weighted by molar-refractivity contribution is 7.15. The predicted octanol–water partition coefficient (Wildman–Crippen LogP) is 2.86. The maximum absolute atomic E-state index is 12.2. The summed E-state index contributed by atoms with van der Waals surface area (Å²) >= 11 is 1.64. The van der Waals surface area contributed by atoms with E-state index < -0.39 is 0 Å². The van der Waals surface area contributed by atoms with Crippen molar-refractivity contribution >= 4 is 28.3 Å². The first-order valence-electron chi connectivity index (χ1n) is 8.55. The van der Waals surface area contributed by atoms with Crippen LogP contribution in [0.15, 0.2) is 0 Å². The molecule has 0 saturated carbocycles. The fourth-order valence-corrected chi connectivity index (χ4v) is 4.67. The molecule has 1 aromatic heterocycles. The molecule has 1 aromatic rings. The van der Waals surface area contributed by atoms with Crippen molar-refractivity contribution in [1.82, 2.24) is 9.88 Å². The Morgan fingerprint density at radius 1 is 1.30 bits per heavy atom. The number of thiazole rings is 1. The van der Waals surface area contributed by atoms with E-state index in [-0.39, 0.29) is 11.8 Å². The molecule has 2 heterocycles. The Morgan fingerprint density at radius 3 is 2.74 bits per heavy atom. The number of carbonyl (C=O) groups is 2. The summed E-state index contributed by atoms with van der Waals surface area (Å²) in [6.45, 7) is 5.43. The number of nitrogens with one attached hydrogen (secondary N) is 1. The average Bonchev–Trinajstić information content (AvgIpc) is 2.88. The molecular weight excluding hydrogens is 310 g/mol. The molecule has 1 saturated heterocycles. The van der Waals surface area contributed by atoms with Crippen LogP contribution in [-0.4, -0.2) is 34.8 Å². The van der Waals surface area contributed by atoms with E-state index in [1.807, 2.05) is 4.90 Å². The molecule has 1 aliphatic heterocycles. The highest BCUT2D eigenvalue weighted by Crippen LogP contribution is 2.32. The fraction of sp³-hybridized carbons (Fsp3) is 0.706. The Hall–Kier alpha value is -1.43. The standard InChI is InChI=1S/C17H25N3O2S/c1-11-3-4-14-15(9-11)23-17(18-14)19-16(22)10-13-5-7-20(8-6-13)12(2)21/h11,13H,3-10H2,1-2H3,(H,18,19,22). The number of hydrogen-bond donors (Lipinski definition) is 1. The minimum atomic E-state index is 0.0606. The van der Waals surface area contributed by atoms with E-state index in [4.69, 9.17) is 0 Å². The second kappa shape index (κ2) is 6.99. The first kappa shape index (κ1) is 16.4. The van der Waals surface area contributed by atoms with Crippen LogP contribution < -0.4 is 5.32 Å². The number of piperidine rings is 1. The molecule has 2 aliphatic rings. The summed E-state index contributed by atoms with van der Waals surface area (Å²) in [5, 5.41) is 3.74. The summed E-state index contributed by atoms with van der Waals surface area (Å²) in [7, 11) is 0. The number of anilines is 1. The molecule has 6 heteroatoms. The summed E-state index contributed by atoms with van der Waals surface area (Å²) in [6, 6.07) is 0. The van der Waals surface area contributed by atoms with E-state index in [1.54, 1.807) is 18.3 Å². The van der Waals surface area contributed by atoms with Crippen molar-refractivity contribution in [2.45, 2.75) is 52.4 Å². The van der Waals surface area contributed by atoms with Gasteiger partial charge in [0.15, 0.2) is 5.13 Å². The minimum absolute atomic E-state index is 0.0606. The molecule has 2 amide bonds. The molecule has 0 bridgehead atoms. The van der Waals surface area contributed by atoms with Gasteiger partial charge in [0.05, 0.1) is 5.69 Å². The zero-order valence-corrected chi connectivity index (χ0v) is 14.7. The zero-order chi connectivity index (χ0) is 16.4. The molecule has 1 unspecified atom stereocenters. The first-order valence-corrected chi connectivity index (χ1v) is 9.37. The lowest BCUT2D eigenvalue weighted by molar-refractivity contribution is -0.130. The van der Waals surface area contributed by atoms with Gasteiger partial charge in [0.1, 0.15) is 0 Å². The number of fused-ring (bicyclic) bond motifs is 1. The van der Waals surface area contributed by atoms with Crippen LogP contribution in [0.4, 0.5) is 5.13 Å². The van der Waals surface area contributed by atoms with Gasteiger partial charge in [-0.2, -0.15) is 0 Å². The van der Waals surface area contributed by atoms with Crippen molar-refractivity contribution in [3.05, 3.63) is 10.6 Å². The van der Waals surface area contributed by atoms with E-state index in [1.165, 1.54) is 17.0 Å². The largest absolute Gasteiger partial charge is 0.343 e. The van der Waals surface area contributed by atoms with Gasteiger partial charge in [0.2, 0.25) is 11.8 Å². The maximum atomic E-state index is 12.2. The zero-order valence-electron chi connectivity index (χ0n) is 13.9. The second-order valence-corrected chi connectivity index (χ2v) is 8.02. The molecule has 0 aromatic carbocycles. The number of aryl methyl sites for hydroxylation is 1. The molecule has 126 valence electrons.